The number of likely N-dealkylation sites (N-methyl/N-ethyl adjacent to an activating group) is 1. The Labute approximate surface area is 128 Å². The normalized spacial score (nSPS) is 12.9. The Morgan fingerprint density at radius 2 is 2.10 bits per heavy atom. The minimum Gasteiger partial charge on any atom is -0.481 e. The molecule has 0 saturated carbocycles. The summed E-state index contributed by atoms with van der Waals surface area (Å²) in [6.07, 6.45) is 2.52. The van der Waals surface area contributed by atoms with Gasteiger partial charge in [-0.15, -0.1) is 0 Å². The van der Waals surface area contributed by atoms with Crippen LogP contribution in [0, 0.1) is 4.77 Å². The van der Waals surface area contributed by atoms with Gasteiger partial charge in [0.25, 0.3) is 0 Å². The largest absolute Gasteiger partial charge is 0.481 e. The molecule has 1 atom stereocenters. The zero-order chi connectivity index (χ0) is 16.0. The summed E-state index contributed by atoms with van der Waals surface area (Å²) in [6.45, 7) is 0.116. The van der Waals surface area contributed by atoms with Gasteiger partial charge in [-0.25, -0.2) is 4.79 Å². The number of hydrogen-bond donors (Lipinski definition) is 3. The van der Waals surface area contributed by atoms with Crippen LogP contribution in [0.5, 0.6) is 0 Å². The van der Waals surface area contributed by atoms with Crippen molar-refractivity contribution in [2.45, 2.75) is 25.3 Å². The fourth-order valence-corrected chi connectivity index (χ4v) is 2.04. The lowest BCUT2D eigenvalue weighted by molar-refractivity contribution is -0.887. The Bertz CT molecular complexity index is 544. The first-order valence-electron chi connectivity index (χ1n) is 6.66. The molecule has 1 heterocycles. The minimum absolute atomic E-state index is 0.00673. The first-order valence-corrected chi connectivity index (χ1v) is 7.07. The summed E-state index contributed by atoms with van der Waals surface area (Å²) in [6, 6.07) is -0.392. The van der Waals surface area contributed by atoms with E-state index in [0.717, 1.165) is 5.69 Å². The van der Waals surface area contributed by atoms with Gasteiger partial charge in [0.2, 0.25) is 0 Å². The number of rotatable bonds is 8. The Morgan fingerprint density at radius 3 is 2.57 bits per heavy atom. The van der Waals surface area contributed by atoms with Crippen molar-refractivity contribution in [2.75, 3.05) is 27.7 Å². The summed E-state index contributed by atoms with van der Waals surface area (Å²) in [5, 5.41) is 8.55. The van der Waals surface area contributed by atoms with E-state index in [9.17, 15) is 9.59 Å². The van der Waals surface area contributed by atoms with Crippen LogP contribution in [0.4, 0.5) is 0 Å². The summed E-state index contributed by atoms with van der Waals surface area (Å²) in [4.78, 5) is 28.5. The second kappa shape index (κ2) is 7.37. The van der Waals surface area contributed by atoms with Gasteiger partial charge in [0.15, 0.2) is 10.8 Å². The van der Waals surface area contributed by atoms with Crippen molar-refractivity contribution in [3.8, 4) is 0 Å². The molecule has 0 aliphatic rings. The summed E-state index contributed by atoms with van der Waals surface area (Å²) in [5.74, 6) is -1.23. The fourth-order valence-electron chi connectivity index (χ4n) is 1.85. The number of quaternary nitrogens is 1. The molecule has 0 spiro atoms. The second-order valence-corrected chi connectivity index (χ2v) is 6.18. The third-order valence-corrected chi connectivity index (χ3v) is 3.27. The highest BCUT2D eigenvalue weighted by atomic mass is 32.1. The van der Waals surface area contributed by atoms with Crippen molar-refractivity contribution in [3.05, 3.63) is 16.7 Å². The molecule has 8 heteroatoms. The van der Waals surface area contributed by atoms with E-state index in [2.05, 4.69) is 9.97 Å². The van der Waals surface area contributed by atoms with E-state index in [-0.39, 0.29) is 19.0 Å². The van der Waals surface area contributed by atoms with Crippen molar-refractivity contribution >= 4 is 24.2 Å². The highest BCUT2D eigenvalue weighted by Gasteiger charge is 2.33. The van der Waals surface area contributed by atoms with Gasteiger partial charge in [-0.2, -0.15) is 0 Å². The lowest BCUT2D eigenvalue weighted by atomic mass is 10.1. The average Bonchev–Trinajstić information content (AvgIpc) is 2.75. The van der Waals surface area contributed by atoms with E-state index < -0.39 is 12.0 Å². The van der Waals surface area contributed by atoms with Crippen molar-refractivity contribution in [2.24, 2.45) is 0 Å². The number of nitrogens with zero attached hydrogens (tertiary/aromatic N) is 1. The van der Waals surface area contributed by atoms with Crippen LogP contribution in [-0.4, -0.2) is 65.3 Å². The maximum Gasteiger partial charge on any atom is 0.365 e. The molecule has 118 valence electrons. The molecular weight excluding hydrogens is 294 g/mol. The number of carbonyl (C=O) groups excluding carboxylic acids is 1. The highest BCUT2D eigenvalue weighted by molar-refractivity contribution is 7.71. The Morgan fingerprint density at radius 1 is 1.43 bits per heavy atom. The first-order chi connectivity index (χ1) is 9.70. The Hall–Kier alpha value is -1.67. The van der Waals surface area contributed by atoms with Crippen molar-refractivity contribution in [1.82, 2.24) is 9.97 Å². The minimum atomic E-state index is -0.894. The molecule has 21 heavy (non-hydrogen) atoms. The van der Waals surface area contributed by atoms with Gasteiger partial charge in [0.1, 0.15) is 0 Å². The number of esters is 1. The topological polar surface area (TPSA) is 95.2 Å². The molecule has 0 bridgehead atoms. The molecule has 1 aromatic rings. The molecule has 0 saturated heterocycles. The molecule has 7 nitrogen and oxygen atoms in total. The number of carbonyl (C=O) groups is 2. The van der Waals surface area contributed by atoms with Gasteiger partial charge >= 0.3 is 11.9 Å². The van der Waals surface area contributed by atoms with Crippen LogP contribution in [0.25, 0.3) is 0 Å². The smallest absolute Gasteiger partial charge is 0.365 e. The summed E-state index contributed by atoms with van der Waals surface area (Å²) < 4.78 is 6.11. The standard InChI is InChI=1S/C13H21N3O4S/c1-16(2,3)10(7-9-8-14-13(21)15-9)12(19)20-6-4-5-11(17)18/h8,10H,4-7H2,1-3H3,(H2-,14,15,17,18,21)/p+1/t10-/m0/s1. The molecule has 0 aromatic carbocycles. The van der Waals surface area contributed by atoms with Crippen LogP contribution in [0.15, 0.2) is 6.20 Å². The third-order valence-electron chi connectivity index (χ3n) is 3.05. The summed E-state index contributed by atoms with van der Waals surface area (Å²) in [7, 11) is 5.72. The molecule has 0 fully saturated rings. The predicted molar refractivity (Wildman–Crippen MR) is 79.3 cm³/mol. The SMILES string of the molecule is C[N+](C)(C)[C@@H](Cc1c[nH]c(=S)[nH]1)C(=O)OCCCC(=O)O. The van der Waals surface area contributed by atoms with E-state index in [0.29, 0.717) is 22.1 Å². The molecule has 0 amide bonds. The van der Waals surface area contributed by atoms with Gasteiger partial charge in [-0.1, -0.05) is 0 Å². The van der Waals surface area contributed by atoms with E-state index in [1.54, 1.807) is 6.20 Å². The first kappa shape index (κ1) is 17.4. The van der Waals surface area contributed by atoms with Crippen LogP contribution >= 0.6 is 12.2 Å². The fraction of sp³-hybridized carbons (Fsp3) is 0.615. The lowest BCUT2D eigenvalue weighted by Gasteiger charge is -2.32. The van der Waals surface area contributed by atoms with Gasteiger partial charge in [0.05, 0.1) is 34.2 Å². The number of carboxylic acids is 1. The van der Waals surface area contributed by atoms with E-state index >= 15 is 0 Å². The molecule has 1 aromatic heterocycles. The molecule has 0 aliphatic carbocycles. The lowest BCUT2D eigenvalue weighted by Crippen LogP contribution is -2.51. The van der Waals surface area contributed by atoms with Gasteiger partial charge in [0, 0.05) is 18.3 Å². The van der Waals surface area contributed by atoms with Gasteiger partial charge < -0.3 is 24.3 Å². The van der Waals surface area contributed by atoms with Gasteiger partial charge in [-0.05, 0) is 18.6 Å². The van der Waals surface area contributed by atoms with E-state index in [1.807, 2.05) is 21.1 Å². The molecule has 0 unspecified atom stereocenters. The van der Waals surface area contributed by atoms with Crippen molar-refractivity contribution in [3.63, 3.8) is 0 Å². The number of aromatic amines is 2. The van der Waals surface area contributed by atoms with Crippen LogP contribution in [0.2, 0.25) is 0 Å². The van der Waals surface area contributed by atoms with E-state index in [4.69, 9.17) is 22.1 Å². The molecule has 1 rings (SSSR count). The number of hydrogen-bond acceptors (Lipinski definition) is 4. The number of aromatic nitrogens is 2. The van der Waals surface area contributed by atoms with Crippen LogP contribution in [0.1, 0.15) is 18.5 Å². The molecular formula is C13H22N3O4S+. The van der Waals surface area contributed by atoms with Crippen molar-refractivity contribution < 1.29 is 23.9 Å². The predicted octanol–water partition coefficient (Wildman–Crippen LogP) is 1.10. The monoisotopic (exact) mass is 316 g/mol. The quantitative estimate of drug-likeness (QED) is 0.289. The maximum absolute atomic E-state index is 12.2. The van der Waals surface area contributed by atoms with Crippen LogP contribution in [0.3, 0.4) is 0 Å². The van der Waals surface area contributed by atoms with Crippen LogP contribution in [-0.2, 0) is 20.7 Å². The Balaban J connectivity index is 2.63. The third kappa shape index (κ3) is 6.09. The number of H-pyrrole nitrogens is 2. The number of ether oxygens (including phenoxy) is 1. The highest BCUT2D eigenvalue weighted by Crippen LogP contribution is 2.12. The maximum atomic E-state index is 12.2. The number of imidazole rings is 1. The molecule has 3 N–H and O–H groups in total. The Kier molecular flexibility index (Phi) is 6.10. The van der Waals surface area contributed by atoms with E-state index in [1.165, 1.54) is 0 Å². The zero-order valence-electron chi connectivity index (χ0n) is 12.5. The van der Waals surface area contributed by atoms with Crippen LogP contribution < -0.4 is 0 Å². The molecule has 0 aliphatic heterocycles. The average molecular weight is 316 g/mol. The number of aliphatic carboxylic acids is 1. The van der Waals surface area contributed by atoms with Crippen molar-refractivity contribution in [1.29, 1.82) is 0 Å². The molecule has 0 radical (unpaired) electrons. The zero-order valence-corrected chi connectivity index (χ0v) is 13.3. The summed E-state index contributed by atoms with van der Waals surface area (Å²) in [5.41, 5.74) is 0.834. The second-order valence-electron chi connectivity index (χ2n) is 5.77. The number of carboxylic acid groups (broad SMARTS) is 1. The number of nitrogens with one attached hydrogen (secondary N) is 2. The van der Waals surface area contributed by atoms with Gasteiger partial charge in [-0.3, -0.25) is 4.79 Å². The summed E-state index contributed by atoms with van der Waals surface area (Å²) >= 11 is 4.97.